The highest BCUT2D eigenvalue weighted by molar-refractivity contribution is 8.00. The lowest BCUT2D eigenvalue weighted by Crippen LogP contribution is -2.35. The molecule has 5 nitrogen and oxygen atoms in total. The summed E-state index contributed by atoms with van der Waals surface area (Å²) < 4.78 is 0. The maximum Gasteiger partial charge on any atom is 0.252 e. The predicted octanol–water partition coefficient (Wildman–Crippen LogP) is 3.76. The fraction of sp³-hybridized carbons (Fsp3) is 0.286. The normalized spacial score (nSPS) is 10.9. The number of nitrogens with one attached hydrogen (secondary N) is 2. The van der Waals surface area contributed by atoms with E-state index in [0.717, 1.165) is 5.69 Å². The second kappa shape index (κ2) is 9.37. The first-order chi connectivity index (χ1) is 12.8. The van der Waals surface area contributed by atoms with E-state index in [4.69, 9.17) is 0 Å². The quantitative estimate of drug-likeness (QED) is 0.713. The van der Waals surface area contributed by atoms with Crippen molar-refractivity contribution in [3.8, 4) is 0 Å². The van der Waals surface area contributed by atoms with Gasteiger partial charge in [-0.2, -0.15) is 0 Å². The second-order valence-electron chi connectivity index (χ2n) is 7.05. The summed E-state index contributed by atoms with van der Waals surface area (Å²) in [6.45, 7) is 5.43. The van der Waals surface area contributed by atoms with Crippen LogP contribution in [-0.2, 0) is 9.59 Å². The minimum absolute atomic E-state index is 0.0180. The molecule has 0 unspecified atom stereocenters. The van der Waals surface area contributed by atoms with Crippen LogP contribution in [-0.4, -0.2) is 29.9 Å². The zero-order chi connectivity index (χ0) is 19.9. The molecule has 27 heavy (non-hydrogen) atoms. The highest BCUT2D eigenvalue weighted by Gasteiger charge is 2.22. The lowest BCUT2D eigenvalue weighted by atomic mass is 9.91. The van der Waals surface area contributed by atoms with E-state index < -0.39 is 5.41 Å². The van der Waals surface area contributed by atoms with E-state index in [1.807, 2.05) is 57.2 Å². The number of anilines is 1. The number of thioether (sulfide) groups is 1. The van der Waals surface area contributed by atoms with E-state index in [2.05, 4.69) is 10.6 Å². The summed E-state index contributed by atoms with van der Waals surface area (Å²) in [5.74, 6) is -0.327. The molecule has 2 rings (SSSR count). The first-order valence-corrected chi connectivity index (χ1v) is 9.64. The van der Waals surface area contributed by atoms with Crippen LogP contribution in [0.5, 0.6) is 0 Å². The molecule has 2 aromatic rings. The highest BCUT2D eigenvalue weighted by atomic mass is 32.2. The van der Waals surface area contributed by atoms with E-state index in [-0.39, 0.29) is 29.9 Å². The first kappa shape index (κ1) is 20.7. The van der Waals surface area contributed by atoms with Gasteiger partial charge in [0.1, 0.15) is 0 Å². The van der Waals surface area contributed by atoms with Crippen molar-refractivity contribution in [3.05, 3.63) is 60.2 Å². The Morgan fingerprint density at radius 1 is 0.926 bits per heavy atom. The van der Waals surface area contributed by atoms with Gasteiger partial charge in [-0.05, 0) is 24.3 Å². The zero-order valence-corrected chi connectivity index (χ0v) is 16.6. The van der Waals surface area contributed by atoms with Crippen molar-refractivity contribution in [2.45, 2.75) is 25.7 Å². The van der Waals surface area contributed by atoms with E-state index in [0.29, 0.717) is 10.5 Å². The molecule has 0 aromatic heterocycles. The SMILES string of the molecule is CC(C)(C)C(=O)CNC(=O)c1ccccc1SCC(=O)Nc1ccccc1. The molecule has 0 atom stereocenters. The Labute approximate surface area is 163 Å². The van der Waals surface area contributed by atoms with E-state index in [9.17, 15) is 14.4 Å². The molecule has 0 aliphatic rings. The molecule has 2 N–H and O–H groups in total. The summed E-state index contributed by atoms with van der Waals surface area (Å²) in [4.78, 5) is 37.3. The van der Waals surface area contributed by atoms with Crippen molar-refractivity contribution in [1.29, 1.82) is 0 Å². The minimum atomic E-state index is -0.503. The molecule has 0 aliphatic heterocycles. The van der Waals surface area contributed by atoms with Gasteiger partial charge in [0, 0.05) is 16.0 Å². The Hall–Kier alpha value is -2.60. The van der Waals surface area contributed by atoms with Gasteiger partial charge in [0.05, 0.1) is 17.9 Å². The Bertz CT molecular complexity index is 814. The monoisotopic (exact) mass is 384 g/mol. The largest absolute Gasteiger partial charge is 0.345 e. The number of hydrogen-bond donors (Lipinski definition) is 2. The summed E-state index contributed by atoms with van der Waals surface area (Å²) in [7, 11) is 0. The van der Waals surface area contributed by atoms with E-state index >= 15 is 0 Å². The number of carbonyl (C=O) groups excluding carboxylic acids is 3. The van der Waals surface area contributed by atoms with E-state index in [1.165, 1.54) is 11.8 Å². The third kappa shape index (κ3) is 6.57. The van der Waals surface area contributed by atoms with Crippen LogP contribution in [0.15, 0.2) is 59.5 Å². The topological polar surface area (TPSA) is 75.3 Å². The van der Waals surface area contributed by atoms with Gasteiger partial charge in [0.25, 0.3) is 5.91 Å². The predicted molar refractivity (Wildman–Crippen MR) is 109 cm³/mol. The number of ketones is 1. The van der Waals surface area contributed by atoms with Crippen molar-refractivity contribution in [1.82, 2.24) is 5.32 Å². The summed E-state index contributed by atoms with van der Waals surface area (Å²) in [5.41, 5.74) is 0.684. The molecule has 2 aromatic carbocycles. The molecule has 142 valence electrons. The number of hydrogen-bond acceptors (Lipinski definition) is 4. The van der Waals surface area contributed by atoms with Gasteiger partial charge in [-0.3, -0.25) is 14.4 Å². The Kier molecular flexibility index (Phi) is 7.19. The molecule has 2 amide bonds. The van der Waals surface area contributed by atoms with Crippen molar-refractivity contribution in [2.75, 3.05) is 17.6 Å². The van der Waals surface area contributed by atoms with Gasteiger partial charge >= 0.3 is 0 Å². The zero-order valence-electron chi connectivity index (χ0n) is 15.7. The molecule has 0 fully saturated rings. The van der Waals surface area contributed by atoms with E-state index in [1.54, 1.807) is 18.2 Å². The van der Waals surface area contributed by atoms with Crippen LogP contribution in [0.25, 0.3) is 0 Å². The van der Waals surface area contributed by atoms with Crippen molar-refractivity contribution in [2.24, 2.45) is 5.41 Å². The Balaban J connectivity index is 1.95. The van der Waals surface area contributed by atoms with Gasteiger partial charge in [0.2, 0.25) is 5.91 Å². The molecule has 0 saturated heterocycles. The summed E-state index contributed by atoms with van der Waals surface area (Å²) in [6, 6.07) is 16.3. The maximum atomic E-state index is 12.5. The van der Waals surface area contributed by atoms with Crippen LogP contribution in [0, 0.1) is 5.41 Å². The van der Waals surface area contributed by atoms with Gasteiger partial charge in [-0.15, -0.1) is 11.8 Å². The summed E-state index contributed by atoms with van der Waals surface area (Å²) in [5, 5.41) is 5.48. The summed E-state index contributed by atoms with van der Waals surface area (Å²) >= 11 is 1.28. The van der Waals surface area contributed by atoms with Gasteiger partial charge in [-0.1, -0.05) is 51.1 Å². The van der Waals surface area contributed by atoms with Gasteiger partial charge < -0.3 is 10.6 Å². The van der Waals surface area contributed by atoms with Gasteiger partial charge in [0.15, 0.2) is 5.78 Å². The molecular weight excluding hydrogens is 360 g/mol. The number of benzene rings is 2. The molecule has 0 radical (unpaired) electrons. The van der Waals surface area contributed by atoms with Crippen LogP contribution in [0.2, 0.25) is 0 Å². The van der Waals surface area contributed by atoms with Crippen LogP contribution in [0.4, 0.5) is 5.69 Å². The molecule has 0 bridgehead atoms. The molecule has 0 heterocycles. The van der Waals surface area contributed by atoms with Gasteiger partial charge in [-0.25, -0.2) is 0 Å². The summed E-state index contributed by atoms with van der Waals surface area (Å²) in [6.07, 6.45) is 0. The lowest BCUT2D eigenvalue weighted by molar-refractivity contribution is -0.125. The lowest BCUT2D eigenvalue weighted by Gasteiger charge is -2.17. The van der Waals surface area contributed by atoms with Crippen LogP contribution in [0.1, 0.15) is 31.1 Å². The smallest absolute Gasteiger partial charge is 0.252 e. The molecule has 0 saturated carbocycles. The number of para-hydroxylation sites is 1. The number of rotatable bonds is 7. The standard InChI is InChI=1S/C21H24N2O3S/c1-21(2,3)18(24)13-22-20(26)16-11-7-8-12-17(16)27-14-19(25)23-15-9-5-4-6-10-15/h4-12H,13-14H2,1-3H3,(H,22,26)(H,23,25). The number of Topliss-reactive ketones (excluding diaryl/α,β-unsaturated/α-hetero) is 1. The van der Waals surface area contributed by atoms with Crippen LogP contribution >= 0.6 is 11.8 Å². The first-order valence-electron chi connectivity index (χ1n) is 8.65. The van der Waals surface area contributed by atoms with Crippen molar-refractivity contribution >= 4 is 35.0 Å². The molecule has 0 aliphatic carbocycles. The number of carbonyl (C=O) groups is 3. The van der Waals surface area contributed by atoms with Crippen LogP contribution < -0.4 is 10.6 Å². The third-order valence-corrected chi connectivity index (χ3v) is 4.87. The minimum Gasteiger partial charge on any atom is -0.345 e. The van der Waals surface area contributed by atoms with Crippen molar-refractivity contribution < 1.29 is 14.4 Å². The Morgan fingerprint density at radius 2 is 1.56 bits per heavy atom. The Morgan fingerprint density at radius 3 is 2.22 bits per heavy atom. The average molecular weight is 385 g/mol. The molecular formula is C21H24N2O3S. The fourth-order valence-electron chi connectivity index (χ4n) is 2.16. The fourth-order valence-corrected chi connectivity index (χ4v) is 3.01. The number of amides is 2. The second-order valence-corrected chi connectivity index (χ2v) is 8.07. The van der Waals surface area contributed by atoms with Crippen molar-refractivity contribution in [3.63, 3.8) is 0 Å². The molecule has 6 heteroatoms. The van der Waals surface area contributed by atoms with Crippen LogP contribution in [0.3, 0.4) is 0 Å². The molecule has 0 spiro atoms. The third-order valence-electron chi connectivity index (χ3n) is 3.79. The highest BCUT2D eigenvalue weighted by Crippen LogP contribution is 2.23. The average Bonchev–Trinajstić information content (AvgIpc) is 2.64. The maximum absolute atomic E-state index is 12.5.